The highest BCUT2D eigenvalue weighted by atomic mass is 16.6. The monoisotopic (exact) mass is 304 g/mol. The van der Waals surface area contributed by atoms with Crippen LogP contribution >= 0.6 is 0 Å². The Bertz CT molecular complexity index is 552. The molecule has 1 aromatic carbocycles. The third-order valence-corrected chi connectivity index (χ3v) is 3.98. The Morgan fingerprint density at radius 3 is 2.00 bits per heavy atom. The number of benzene rings is 1. The summed E-state index contributed by atoms with van der Waals surface area (Å²) in [6, 6.07) is 4.07. The van der Waals surface area contributed by atoms with Gasteiger partial charge in [0, 0.05) is 31.7 Å². The number of carbonyl (C=O) groups excluding carboxylic acids is 2. The molecule has 120 valence electrons. The van der Waals surface area contributed by atoms with Gasteiger partial charge in [-0.3, -0.25) is 4.79 Å². The first-order valence-electron chi connectivity index (χ1n) is 7.72. The molecule has 1 fully saturated rings. The topological polar surface area (TPSA) is 49.9 Å². The Labute approximate surface area is 131 Å². The van der Waals surface area contributed by atoms with Crippen molar-refractivity contribution in [2.75, 3.05) is 32.8 Å². The van der Waals surface area contributed by atoms with E-state index in [1.54, 1.807) is 11.8 Å². The summed E-state index contributed by atoms with van der Waals surface area (Å²) in [5.41, 5.74) is 3.97. The zero-order valence-electron chi connectivity index (χ0n) is 13.8. The van der Waals surface area contributed by atoms with Gasteiger partial charge >= 0.3 is 6.09 Å². The average molecular weight is 304 g/mol. The van der Waals surface area contributed by atoms with Crippen LogP contribution in [0.1, 0.15) is 34.0 Å². The second-order valence-corrected chi connectivity index (χ2v) is 5.75. The van der Waals surface area contributed by atoms with Crippen molar-refractivity contribution in [2.24, 2.45) is 0 Å². The number of nitrogens with zero attached hydrogens (tertiary/aromatic N) is 2. The molecule has 1 aromatic rings. The zero-order chi connectivity index (χ0) is 16.3. The molecular weight excluding hydrogens is 280 g/mol. The van der Waals surface area contributed by atoms with Crippen molar-refractivity contribution in [3.8, 4) is 0 Å². The predicted octanol–water partition coefficient (Wildman–Crippen LogP) is 2.53. The van der Waals surface area contributed by atoms with E-state index in [9.17, 15) is 9.59 Å². The molecule has 0 spiro atoms. The molecule has 0 saturated carbocycles. The van der Waals surface area contributed by atoms with Crippen LogP contribution in [0.4, 0.5) is 4.79 Å². The molecule has 0 N–H and O–H groups in total. The molecule has 1 aliphatic rings. The van der Waals surface area contributed by atoms with E-state index in [0.29, 0.717) is 32.8 Å². The van der Waals surface area contributed by atoms with Crippen molar-refractivity contribution in [1.82, 2.24) is 9.80 Å². The van der Waals surface area contributed by atoms with Crippen LogP contribution in [0.5, 0.6) is 0 Å². The maximum Gasteiger partial charge on any atom is 0.409 e. The van der Waals surface area contributed by atoms with Crippen LogP contribution in [0.3, 0.4) is 0 Å². The number of piperazine rings is 1. The van der Waals surface area contributed by atoms with Crippen molar-refractivity contribution in [3.63, 3.8) is 0 Å². The van der Waals surface area contributed by atoms with Crippen LogP contribution in [-0.2, 0) is 4.74 Å². The summed E-state index contributed by atoms with van der Waals surface area (Å²) in [5, 5.41) is 0. The number of ether oxygens (including phenoxy) is 1. The zero-order valence-corrected chi connectivity index (χ0v) is 13.8. The van der Waals surface area contributed by atoms with Crippen LogP contribution < -0.4 is 0 Å². The van der Waals surface area contributed by atoms with Gasteiger partial charge in [0.1, 0.15) is 0 Å². The molecule has 1 saturated heterocycles. The lowest BCUT2D eigenvalue weighted by atomic mass is 9.98. The summed E-state index contributed by atoms with van der Waals surface area (Å²) in [5.74, 6) is 0.0542. The molecular formula is C17H24N2O3. The molecule has 22 heavy (non-hydrogen) atoms. The van der Waals surface area contributed by atoms with Crippen molar-refractivity contribution in [3.05, 3.63) is 34.4 Å². The molecule has 2 rings (SSSR count). The second kappa shape index (κ2) is 6.81. The van der Waals surface area contributed by atoms with E-state index in [1.807, 2.05) is 37.8 Å². The Balaban J connectivity index is 2.06. The van der Waals surface area contributed by atoms with Gasteiger partial charge in [-0.1, -0.05) is 17.7 Å². The summed E-state index contributed by atoms with van der Waals surface area (Å²) in [4.78, 5) is 27.9. The van der Waals surface area contributed by atoms with E-state index < -0.39 is 0 Å². The fourth-order valence-electron chi connectivity index (χ4n) is 2.98. The number of hydrogen-bond donors (Lipinski definition) is 0. The fraction of sp³-hybridized carbons (Fsp3) is 0.529. The second-order valence-electron chi connectivity index (χ2n) is 5.75. The van der Waals surface area contributed by atoms with Gasteiger partial charge < -0.3 is 14.5 Å². The molecule has 0 bridgehead atoms. The fourth-order valence-corrected chi connectivity index (χ4v) is 2.98. The molecule has 5 heteroatoms. The molecule has 0 aromatic heterocycles. The first-order valence-corrected chi connectivity index (χ1v) is 7.72. The lowest BCUT2D eigenvalue weighted by Crippen LogP contribution is -2.51. The minimum atomic E-state index is -0.294. The largest absolute Gasteiger partial charge is 0.450 e. The van der Waals surface area contributed by atoms with Crippen molar-refractivity contribution >= 4 is 12.0 Å². The molecule has 0 atom stereocenters. The highest BCUT2D eigenvalue weighted by Gasteiger charge is 2.26. The van der Waals surface area contributed by atoms with Gasteiger partial charge in [0.15, 0.2) is 0 Å². The number of rotatable bonds is 2. The minimum absolute atomic E-state index is 0.0542. The first-order chi connectivity index (χ1) is 10.4. The number of carbonyl (C=O) groups is 2. The van der Waals surface area contributed by atoms with Gasteiger partial charge in [0.05, 0.1) is 6.61 Å². The summed E-state index contributed by atoms with van der Waals surface area (Å²) < 4.78 is 5.00. The minimum Gasteiger partial charge on any atom is -0.450 e. The van der Waals surface area contributed by atoms with Crippen molar-refractivity contribution in [2.45, 2.75) is 27.7 Å². The Kier molecular flexibility index (Phi) is 5.06. The van der Waals surface area contributed by atoms with Gasteiger partial charge in [-0.25, -0.2) is 4.79 Å². The Hall–Kier alpha value is -2.04. The van der Waals surface area contributed by atoms with Crippen LogP contribution in [0.25, 0.3) is 0 Å². The molecule has 1 aliphatic heterocycles. The Morgan fingerprint density at radius 2 is 1.50 bits per heavy atom. The van der Waals surface area contributed by atoms with Crippen LogP contribution in [0.2, 0.25) is 0 Å². The number of hydrogen-bond acceptors (Lipinski definition) is 3. The van der Waals surface area contributed by atoms with Gasteiger partial charge in [-0.2, -0.15) is 0 Å². The van der Waals surface area contributed by atoms with E-state index in [-0.39, 0.29) is 12.0 Å². The van der Waals surface area contributed by atoms with Gasteiger partial charge in [-0.05, 0) is 38.8 Å². The normalized spacial score (nSPS) is 14.9. The van der Waals surface area contributed by atoms with Crippen LogP contribution in [-0.4, -0.2) is 54.6 Å². The first kappa shape index (κ1) is 16.3. The lowest BCUT2D eigenvalue weighted by Gasteiger charge is -2.34. The predicted molar refractivity (Wildman–Crippen MR) is 85.2 cm³/mol. The van der Waals surface area contributed by atoms with Gasteiger partial charge in [0.2, 0.25) is 0 Å². The van der Waals surface area contributed by atoms with E-state index in [2.05, 4.69) is 0 Å². The summed E-state index contributed by atoms with van der Waals surface area (Å²) >= 11 is 0. The molecule has 0 radical (unpaired) electrons. The van der Waals surface area contributed by atoms with Gasteiger partial charge in [0.25, 0.3) is 5.91 Å². The summed E-state index contributed by atoms with van der Waals surface area (Å²) in [6.07, 6.45) is -0.294. The highest BCUT2D eigenvalue weighted by molar-refractivity contribution is 5.97. The molecule has 0 unspecified atom stereocenters. The maximum absolute atomic E-state index is 12.7. The third kappa shape index (κ3) is 3.40. The molecule has 0 aliphatic carbocycles. The quantitative estimate of drug-likeness (QED) is 0.843. The van der Waals surface area contributed by atoms with Crippen molar-refractivity contribution < 1.29 is 14.3 Å². The summed E-state index contributed by atoms with van der Waals surface area (Å²) in [6.45, 7) is 10.3. The number of aryl methyl sites for hydroxylation is 3. The lowest BCUT2D eigenvalue weighted by molar-refractivity contribution is 0.0569. The third-order valence-electron chi connectivity index (χ3n) is 3.98. The van der Waals surface area contributed by atoms with Crippen LogP contribution in [0.15, 0.2) is 12.1 Å². The van der Waals surface area contributed by atoms with Crippen molar-refractivity contribution in [1.29, 1.82) is 0 Å². The SMILES string of the molecule is CCOC(=O)N1CCN(C(=O)c2c(C)cc(C)cc2C)CC1. The Morgan fingerprint density at radius 1 is 1.00 bits per heavy atom. The smallest absolute Gasteiger partial charge is 0.409 e. The highest BCUT2D eigenvalue weighted by Crippen LogP contribution is 2.19. The van der Waals surface area contributed by atoms with E-state index in [0.717, 1.165) is 16.7 Å². The van der Waals surface area contributed by atoms with Gasteiger partial charge in [-0.15, -0.1) is 0 Å². The van der Waals surface area contributed by atoms with E-state index in [4.69, 9.17) is 4.74 Å². The van der Waals surface area contributed by atoms with E-state index >= 15 is 0 Å². The molecule has 5 nitrogen and oxygen atoms in total. The van der Waals surface area contributed by atoms with E-state index in [1.165, 1.54) is 5.56 Å². The number of amides is 2. The molecule has 2 amide bonds. The standard InChI is InChI=1S/C17H24N2O3/c1-5-22-17(21)19-8-6-18(7-9-19)16(20)15-13(3)10-12(2)11-14(15)4/h10-11H,5-9H2,1-4H3. The van der Waals surface area contributed by atoms with Crippen LogP contribution in [0, 0.1) is 20.8 Å². The summed E-state index contributed by atoms with van der Waals surface area (Å²) in [7, 11) is 0. The maximum atomic E-state index is 12.7. The average Bonchev–Trinajstić information content (AvgIpc) is 2.46. The molecule has 1 heterocycles.